The van der Waals surface area contributed by atoms with E-state index in [9.17, 15) is 4.79 Å². The largest absolute Gasteiger partial charge is 0.342 e. The van der Waals surface area contributed by atoms with Gasteiger partial charge < -0.3 is 4.90 Å². The molecular weight excluding hydrogens is 306 g/mol. The van der Waals surface area contributed by atoms with E-state index in [0.717, 1.165) is 25.9 Å². The highest BCUT2D eigenvalue weighted by atomic mass is 16.2. The molecule has 1 aliphatic heterocycles. The van der Waals surface area contributed by atoms with Gasteiger partial charge in [0.05, 0.1) is 0 Å². The molecule has 1 aliphatic carbocycles. The first kappa shape index (κ1) is 16.1. The molecule has 1 amide bonds. The van der Waals surface area contributed by atoms with E-state index < -0.39 is 0 Å². The Morgan fingerprint density at radius 2 is 1.24 bits per heavy atom. The highest BCUT2D eigenvalue weighted by Gasteiger charge is 2.26. The zero-order valence-corrected chi connectivity index (χ0v) is 14.7. The third-order valence-electron chi connectivity index (χ3n) is 5.50. The standard InChI is InChI=1S/C23H25NO/c25-23(24-15-13-19(14-16-24)18-11-12-18)17-22(20-7-3-1-4-8-20)21-9-5-2-6-10-21/h1-10,22H,11-17H2. The minimum absolute atomic E-state index is 0.137. The van der Waals surface area contributed by atoms with Crippen LogP contribution in [-0.4, -0.2) is 23.9 Å². The number of benzene rings is 2. The Morgan fingerprint density at radius 1 is 0.760 bits per heavy atom. The molecule has 0 unspecified atom stereocenters. The van der Waals surface area contributed by atoms with E-state index in [2.05, 4.69) is 53.4 Å². The minimum Gasteiger partial charge on any atom is -0.342 e. The van der Waals surface area contributed by atoms with Crippen LogP contribution in [0.15, 0.2) is 71.8 Å². The SMILES string of the molecule is O=C(CC(c1ccccc1)c1ccccc1)N1CCC(=C2CC2)CC1. The molecule has 0 bridgehead atoms. The second kappa shape index (κ2) is 7.26. The molecule has 1 saturated heterocycles. The summed E-state index contributed by atoms with van der Waals surface area (Å²) in [6.45, 7) is 1.79. The van der Waals surface area contributed by atoms with Crippen LogP contribution in [0.4, 0.5) is 0 Å². The van der Waals surface area contributed by atoms with Crippen LogP contribution in [-0.2, 0) is 4.79 Å². The van der Waals surface area contributed by atoms with Gasteiger partial charge in [-0.25, -0.2) is 0 Å². The maximum Gasteiger partial charge on any atom is 0.223 e. The van der Waals surface area contributed by atoms with Crippen molar-refractivity contribution in [3.63, 3.8) is 0 Å². The fraction of sp³-hybridized carbons (Fsp3) is 0.348. The smallest absolute Gasteiger partial charge is 0.223 e. The van der Waals surface area contributed by atoms with Crippen LogP contribution in [0.25, 0.3) is 0 Å². The first-order chi connectivity index (χ1) is 12.3. The Labute approximate surface area is 150 Å². The van der Waals surface area contributed by atoms with Gasteiger partial charge in [-0.3, -0.25) is 4.79 Å². The lowest BCUT2D eigenvalue weighted by Gasteiger charge is -2.30. The van der Waals surface area contributed by atoms with Crippen molar-refractivity contribution in [2.24, 2.45) is 0 Å². The molecule has 0 spiro atoms. The Hall–Kier alpha value is -2.35. The van der Waals surface area contributed by atoms with Crippen molar-refractivity contribution in [2.75, 3.05) is 13.1 Å². The summed E-state index contributed by atoms with van der Waals surface area (Å²) >= 11 is 0. The lowest BCUT2D eigenvalue weighted by Crippen LogP contribution is -2.37. The van der Waals surface area contributed by atoms with Gasteiger partial charge in [0.15, 0.2) is 0 Å². The average molecular weight is 331 g/mol. The quantitative estimate of drug-likeness (QED) is 0.728. The first-order valence-electron chi connectivity index (χ1n) is 9.38. The zero-order valence-electron chi connectivity index (χ0n) is 14.7. The molecule has 1 saturated carbocycles. The van der Waals surface area contributed by atoms with Crippen LogP contribution in [0.1, 0.15) is 49.1 Å². The molecule has 4 rings (SSSR count). The van der Waals surface area contributed by atoms with Gasteiger partial charge in [-0.1, -0.05) is 71.8 Å². The van der Waals surface area contributed by atoms with E-state index in [4.69, 9.17) is 0 Å². The molecule has 0 aromatic heterocycles. The summed E-state index contributed by atoms with van der Waals surface area (Å²) in [6, 6.07) is 20.8. The Balaban J connectivity index is 1.49. The summed E-state index contributed by atoms with van der Waals surface area (Å²) in [4.78, 5) is 15.0. The van der Waals surface area contributed by atoms with Gasteiger partial charge in [-0.15, -0.1) is 0 Å². The number of carbonyl (C=O) groups excluding carboxylic acids is 1. The number of hydrogen-bond donors (Lipinski definition) is 0. The molecule has 0 N–H and O–H groups in total. The third-order valence-corrected chi connectivity index (χ3v) is 5.50. The summed E-state index contributed by atoms with van der Waals surface area (Å²) < 4.78 is 0. The molecule has 2 aromatic carbocycles. The number of nitrogens with zero attached hydrogens (tertiary/aromatic N) is 1. The van der Waals surface area contributed by atoms with E-state index in [1.54, 1.807) is 11.1 Å². The molecule has 2 aliphatic rings. The van der Waals surface area contributed by atoms with Gasteiger partial charge >= 0.3 is 0 Å². The van der Waals surface area contributed by atoms with E-state index in [1.165, 1.54) is 24.0 Å². The van der Waals surface area contributed by atoms with Gasteiger partial charge in [-0.2, -0.15) is 0 Å². The third kappa shape index (κ3) is 3.84. The van der Waals surface area contributed by atoms with E-state index in [-0.39, 0.29) is 11.8 Å². The fourth-order valence-electron chi connectivity index (χ4n) is 3.90. The molecule has 2 heteroatoms. The van der Waals surface area contributed by atoms with Crippen LogP contribution < -0.4 is 0 Å². The maximum absolute atomic E-state index is 13.0. The molecule has 25 heavy (non-hydrogen) atoms. The van der Waals surface area contributed by atoms with Gasteiger partial charge in [0.1, 0.15) is 0 Å². The number of amides is 1. The maximum atomic E-state index is 13.0. The van der Waals surface area contributed by atoms with E-state index in [0.29, 0.717) is 6.42 Å². The average Bonchev–Trinajstić information content (AvgIpc) is 3.53. The molecular formula is C23H25NO. The fourth-order valence-corrected chi connectivity index (χ4v) is 3.90. The van der Waals surface area contributed by atoms with Gasteiger partial charge in [-0.05, 0) is 36.8 Å². The number of piperidine rings is 1. The number of allylic oxidation sites excluding steroid dienone is 1. The molecule has 2 nitrogen and oxygen atoms in total. The predicted octanol–water partition coefficient (Wildman–Crippen LogP) is 4.92. The number of likely N-dealkylation sites (tertiary alicyclic amines) is 1. The van der Waals surface area contributed by atoms with Crippen molar-refractivity contribution in [1.82, 2.24) is 4.90 Å². The minimum atomic E-state index is 0.137. The second-order valence-corrected chi connectivity index (χ2v) is 7.17. The van der Waals surface area contributed by atoms with Crippen LogP contribution >= 0.6 is 0 Å². The zero-order chi connectivity index (χ0) is 17.1. The number of hydrogen-bond acceptors (Lipinski definition) is 1. The van der Waals surface area contributed by atoms with Crippen molar-refractivity contribution in [3.05, 3.63) is 82.9 Å². The summed E-state index contributed by atoms with van der Waals surface area (Å²) in [5.74, 6) is 0.427. The van der Waals surface area contributed by atoms with Crippen LogP contribution in [0.5, 0.6) is 0 Å². The van der Waals surface area contributed by atoms with Crippen molar-refractivity contribution in [2.45, 2.75) is 38.0 Å². The van der Waals surface area contributed by atoms with E-state index >= 15 is 0 Å². The molecule has 0 atom stereocenters. The van der Waals surface area contributed by atoms with E-state index in [1.807, 2.05) is 12.1 Å². The van der Waals surface area contributed by atoms with Gasteiger partial charge in [0.25, 0.3) is 0 Å². The van der Waals surface area contributed by atoms with Crippen molar-refractivity contribution < 1.29 is 4.79 Å². The van der Waals surface area contributed by atoms with Crippen LogP contribution in [0.3, 0.4) is 0 Å². The molecule has 2 aromatic rings. The van der Waals surface area contributed by atoms with Gasteiger partial charge in [0.2, 0.25) is 5.91 Å². The predicted molar refractivity (Wildman–Crippen MR) is 101 cm³/mol. The molecule has 2 fully saturated rings. The molecule has 0 radical (unpaired) electrons. The lowest BCUT2D eigenvalue weighted by atomic mass is 9.88. The summed E-state index contributed by atoms with van der Waals surface area (Å²) in [5.41, 5.74) is 5.74. The summed E-state index contributed by atoms with van der Waals surface area (Å²) in [6.07, 6.45) is 5.32. The molecule has 128 valence electrons. The summed E-state index contributed by atoms with van der Waals surface area (Å²) in [7, 11) is 0. The normalized spacial score (nSPS) is 17.1. The lowest BCUT2D eigenvalue weighted by molar-refractivity contribution is -0.131. The number of rotatable bonds is 4. The summed E-state index contributed by atoms with van der Waals surface area (Å²) in [5, 5.41) is 0. The van der Waals surface area contributed by atoms with Gasteiger partial charge in [0, 0.05) is 25.4 Å². The molecule has 1 heterocycles. The topological polar surface area (TPSA) is 20.3 Å². The Morgan fingerprint density at radius 3 is 1.72 bits per heavy atom. The van der Waals surface area contributed by atoms with Crippen molar-refractivity contribution in [3.8, 4) is 0 Å². The van der Waals surface area contributed by atoms with Crippen molar-refractivity contribution in [1.29, 1.82) is 0 Å². The first-order valence-corrected chi connectivity index (χ1v) is 9.38. The Bertz CT molecular complexity index is 708. The number of carbonyl (C=O) groups is 1. The second-order valence-electron chi connectivity index (χ2n) is 7.17. The monoisotopic (exact) mass is 331 g/mol. The van der Waals surface area contributed by atoms with Crippen LogP contribution in [0.2, 0.25) is 0 Å². The van der Waals surface area contributed by atoms with Crippen molar-refractivity contribution >= 4 is 5.91 Å². The highest BCUT2D eigenvalue weighted by molar-refractivity contribution is 5.78. The Kier molecular flexibility index (Phi) is 4.69. The van der Waals surface area contributed by atoms with Crippen LogP contribution in [0, 0.1) is 0 Å². The highest BCUT2D eigenvalue weighted by Crippen LogP contribution is 2.36.